The number of benzene rings is 3. The summed E-state index contributed by atoms with van der Waals surface area (Å²) in [6, 6.07) is 22.3. The Hall–Kier alpha value is -3.36. The number of fused-ring (bicyclic) bond motifs is 1. The van der Waals surface area contributed by atoms with Gasteiger partial charge in [0.15, 0.2) is 0 Å². The number of sulfonamides is 1. The van der Waals surface area contributed by atoms with Crippen LogP contribution in [0.2, 0.25) is 0 Å². The lowest BCUT2D eigenvalue weighted by Crippen LogP contribution is -2.48. The van der Waals surface area contributed by atoms with Gasteiger partial charge in [-0.1, -0.05) is 36.4 Å². The van der Waals surface area contributed by atoms with Crippen molar-refractivity contribution in [3.05, 3.63) is 89.5 Å². The van der Waals surface area contributed by atoms with Gasteiger partial charge in [0.1, 0.15) is 11.1 Å². The van der Waals surface area contributed by atoms with E-state index in [0.717, 1.165) is 18.7 Å². The van der Waals surface area contributed by atoms with E-state index in [1.807, 2.05) is 4.90 Å². The highest BCUT2D eigenvalue weighted by Gasteiger charge is 2.30. The molecule has 0 unspecified atom stereocenters. The summed E-state index contributed by atoms with van der Waals surface area (Å²) >= 11 is 0. The number of aryl methyl sites for hydroxylation is 1. The summed E-state index contributed by atoms with van der Waals surface area (Å²) in [6.45, 7) is 4.99. The molecule has 1 fully saturated rings. The van der Waals surface area contributed by atoms with Gasteiger partial charge in [0, 0.05) is 37.4 Å². The molecule has 2 aliphatic rings. The molecule has 3 aromatic rings. The standard InChI is InChI=1S/C25H26N4O3S/c1-18-5-4-6-21(17-18)28-13-15-29(16-14-28)25(30)20-11-9-19(10-12-20)24-26-22-7-2-3-8-23(22)33(31,32)27-24/h2-12,17,24,26-27H,13-16H2,1H3/t24-/m1/s1. The summed E-state index contributed by atoms with van der Waals surface area (Å²) in [5.41, 5.74) is 4.32. The number of carbonyl (C=O) groups is 1. The number of hydrogen-bond donors (Lipinski definition) is 2. The minimum atomic E-state index is -3.61. The number of rotatable bonds is 3. The number of para-hydroxylation sites is 1. The quantitative estimate of drug-likeness (QED) is 0.624. The van der Waals surface area contributed by atoms with Crippen molar-refractivity contribution in [2.24, 2.45) is 0 Å². The van der Waals surface area contributed by atoms with Gasteiger partial charge in [-0.25, -0.2) is 8.42 Å². The monoisotopic (exact) mass is 462 g/mol. The van der Waals surface area contributed by atoms with E-state index < -0.39 is 16.2 Å². The fourth-order valence-corrected chi connectivity index (χ4v) is 5.67. The van der Waals surface area contributed by atoms with E-state index in [-0.39, 0.29) is 10.8 Å². The Kier molecular flexibility index (Phi) is 5.55. The average molecular weight is 463 g/mol. The first kappa shape index (κ1) is 21.5. The molecule has 0 aromatic heterocycles. The maximum absolute atomic E-state index is 13.0. The molecule has 0 radical (unpaired) electrons. The lowest BCUT2D eigenvalue weighted by atomic mass is 10.1. The molecule has 0 aliphatic carbocycles. The van der Waals surface area contributed by atoms with Gasteiger partial charge in [0.2, 0.25) is 10.0 Å². The Morgan fingerprint density at radius 3 is 2.36 bits per heavy atom. The van der Waals surface area contributed by atoms with Crippen LogP contribution in [-0.4, -0.2) is 45.4 Å². The molecular formula is C25H26N4O3S. The second kappa shape index (κ2) is 8.53. The molecular weight excluding hydrogens is 436 g/mol. The molecule has 0 spiro atoms. The molecule has 170 valence electrons. The second-order valence-electron chi connectivity index (χ2n) is 8.44. The predicted octanol–water partition coefficient (Wildman–Crippen LogP) is 3.36. The molecule has 3 aromatic carbocycles. The summed E-state index contributed by atoms with van der Waals surface area (Å²) in [6.07, 6.45) is -0.591. The fraction of sp³-hybridized carbons (Fsp3) is 0.240. The number of nitrogens with zero attached hydrogens (tertiary/aromatic N) is 2. The maximum Gasteiger partial charge on any atom is 0.253 e. The first-order chi connectivity index (χ1) is 15.9. The highest BCUT2D eigenvalue weighted by atomic mass is 32.2. The molecule has 33 heavy (non-hydrogen) atoms. The summed E-state index contributed by atoms with van der Waals surface area (Å²) in [4.78, 5) is 17.4. The number of piperazine rings is 1. The first-order valence-electron chi connectivity index (χ1n) is 11.0. The number of anilines is 2. The van der Waals surface area contributed by atoms with Crippen LogP contribution in [0.3, 0.4) is 0 Å². The molecule has 1 atom stereocenters. The first-order valence-corrected chi connectivity index (χ1v) is 12.5. The smallest absolute Gasteiger partial charge is 0.253 e. The van der Waals surface area contributed by atoms with Crippen LogP contribution < -0.4 is 14.9 Å². The maximum atomic E-state index is 13.0. The van der Waals surface area contributed by atoms with Gasteiger partial charge >= 0.3 is 0 Å². The molecule has 0 bridgehead atoms. The Bertz CT molecular complexity index is 1280. The Balaban J connectivity index is 1.25. The zero-order valence-electron chi connectivity index (χ0n) is 18.4. The summed E-state index contributed by atoms with van der Waals surface area (Å²) in [7, 11) is -3.61. The predicted molar refractivity (Wildman–Crippen MR) is 129 cm³/mol. The molecule has 2 aliphatic heterocycles. The van der Waals surface area contributed by atoms with Crippen LogP contribution in [0.1, 0.15) is 27.7 Å². The number of nitrogens with one attached hydrogen (secondary N) is 2. The molecule has 7 nitrogen and oxygen atoms in total. The SMILES string of the molecule is Cc1cccc(N2CCN(C(=O)c3ccc([C@@H]4Nc5ccccc5S(=O)(=O)N4)cc3)CC2)c1. The van der Waals surface area contributed by atoms with E-state index in [9.17, 15) is 13.2 Å². The lowest BCUT2D eigenvalue weighted by molar-refractivity contribution is 0.0746. The largest absolute Gasteiger partial charge is 0.368 e. The lowest BCUT2D eigenvalue weighted by Gasteiger charge is -2.36. The van der Waals surface area contributed by atoms with Gasteiger partial charge in [0.25, 0.3) is 5.91 Å². The van der Waals surface area contributed by atoms with Crippen molar-refractivity contribution in [2.75, 3.05) is 36.4 Å². The van der Waals surface area contributed by atoms with Gasteiger partial charge in [-0.15, -0.1) is 0 Å². The summed E-state index contributed by atoms with van der Waals surface area (Å²) in [5.74, 6) is -0.00651. The Morgan fingerprint density at radius 1 is 0.909 bits per heavy atom. The van der Waals surface area contributed by atoms with Crippen LogP contribution in [0.15, 0.2) is 77.7 Å². The number of amides is 1. The molecule has 2 N–H and O–H groups in total. The molecule has 0 saturated carbocycles. The zero-order valence-corrected chi connectivity index (χ0v) is 19.2. The average Bonchev–Trinajstić information content (AvgIpc) is 2.83. The van der Waals surface area contributed by atoms with E-state index in [0.29, 0.717) is 24.3 Å². The van der Waals surface area contributed by atoms with Gasteiger partial charge in [-0.3, -0.25) is 4.79 Å². The van der Waals surface area contributed by atoms with Gasteiger partial charge < -0.3 is 15.1 Å². The van der Waals surface area contributed by atoms with Crippen molar-refractivity contribution in [1.82, 2.24) is 9.62 Å². The molecule has 1 amide bonds. The van der Waals surface area contributed by atoms with Gasteiger partial charge in [-0.2, -0.15) is 4.72 Å². The molecule has 1 saturated heterocycles. The Labute approximate surface area is 194 Å². The highest BCUT2D eigenvalue weighted by Crippen LogP contribution is 2.31. The van der Waals surface area contributed by atoms with E-state index >= 15 is 0 Å². The van der Waals surface area contributed by atoms with E-state index in [1.54, 1.807) is 48.5 Å². The van der Waals surface area contributed by atoms with Crippen molar-refractivity contribution in [1.29, 1.82) is 0 Å². The fourth-order valence-electron chi connectivity index (χ4n) is 4.37. The van der Waals surface area contributed by atoms with Crippen molar-refractivity contribution in [3.8, 4) is 0 Å². The van der Waals surface area contributed by atoms with E-state index in [1.165, 1.54) is 11.3 Å². The third kappa shape index (κ3) is 4.31. The van der Waals surface area contributed by atoms with E-state index in [2.05, 4.69) is 46.1 Å². The summed E-state index contributed by atoms with van der Waals surface area (Å²) in [5, 5.41) is 3.21. The van der Waals surface area contributed by atoms with Crippen LogP contribution in [0.25, 0.3) is 0 Å². The number of hydrogen-bond acceptors (Lipinski definition) is 5. The van der Waals surface area contributed by atoms with Crippen molar-refractivity contribution < 1.29 is 13.2 Å². The van der Waals surface area contributed by atoms with Crippen LogP contribution in [-0.2, 0) is 10.0 Å². The van der Waals surface area contributed by atoms with Crippen LogP contribution >= 0.6 is 0 Å². The van der Waals surface area contributed by atoms with E-state index in [4.69, 9.17) is 0 Å². The van der Waals surface area contributed by atoms with Crippen LogP contribution in [0, 0.1) is 6.92 Å². The topological polar surface area (TPSA) is 81.8 Å². The normalized spacial score (nSPS) is 19.5. The second-order valence-corrected chi connectivity index (χ2v) is 10.1. The molecule has 2 heterocycles. The van der Waals surface area contributed by atoms with Crippen LogP contribution in [0.4, 0.5) is 11.4 Å². The molecule has 8 heteroatoms. The Morgan fingerprint density at radius 2 is 1.64 bits per heavy atom. The number of carbonyl (C=O) groups excluding carboxylic acids is 1. The minimum Gasteiger partial charge on any atom is -0.368 e. The van der Waals surface area contributed by atoms with Gasteiger partial charge in [-0.05, 0) is 54.4 Å². The van der Waals surface area contributed by atoms with Crippen LogP contribution in [0.5, 0.6) is 0 Å². The van der Waals surface area contributed by atoms with Crippen molar-refractivity contribution in [3.63, 3.8) is 0 Å². The van der Waals surface area contributed by atoms with Crippen molar-refractivity contribution in [2.45, 2.75) is 18.0 Å². The summed E-state index contributed by atoms with van der Waals surface area (Å²) < 4.78 is 27.8. The highest BCUT2D eigenvalue weighted by molar-refractivity contribution is 7.89. The van der Waals surface area contributed by atoms with Gasteiger partial charge in [0.05, 0.1) is 5.69 Å². The third-order valence-corrected chi connectivity index (χ3v) is 7.66. The third-order valence-electron chi connectivity index (χ3n) is 6.17. The zero-order chi connectivity index (χ0) is 23.0. The van der Waals surface area contributed by atoms with Crippen molar-refractivity contribution >= 4 is 27.3 Å². The minimum absolute atomic E-state index is 0.00651. The molecule has 5 rings (SSSR count).